The summed E-state index contributed by atoms with van der Waals surface area (Å²) in [5, 5.41) is 2.35. The molecule has 0 saturated heterocycles. The molecule has 216 valence electrons. The van der Waals surface area contributed by atoms with Crippen molar-refractivity contribution in [3.63, 3.8) is 0 Å². The summed E-state index contributed by atoms with van der Waals surface area (Å²) < 4.78 is 0. The van der Waals surface area contributed by atoms with Gasteiger partial charge < -0.3 is 16.4 Å². The zero-order chi connectivity index (χ0) is 30.3. The minimum absolute atomic E-state index is 0.431. The highest BCUT2D eigenvalue weighted by atomic mass is 15.1. The van der Waals surface area contributed by atoms with Gasteiger partial charge in [-0.15, -0.1) is 0 Å². The molecule has 44 heavy (non-hydrogen) atoms. The molecular weight excluding hydrogens is 538 g/mol. The molecule has 5 nitrogen and oxygen atoms in total. The fourth-order valence-corrected chi connectivity index (χ4v) is 5.40. The van der Waals surface area contributed by atoms with E-state index in [1.807, 2.05) is 72.8 Å². The number of nitrogens with two attached hydrogens (primary N) is 2. The van der Waals surface area contributed by atoms with Gasteiger partial charge in [0.25, 0.3) is 0 Å². The molecule has 6 rings (SSSR count). The second-order valence-electron chi connectivity index (χ2n) is 10.8. The van der Waals surface area contributed by atoms with Gasteiger partial charge in [-0.25, -0.2) is 4.99 Å². The third kappa shape index (κ3) is 6.53. The van der Waals surface area contributed by atoms with Crippen molar-refractivity contribution >= 4 is 33.8 Å². The van der Waals surface area contributed by atoms with Crippen LogP contribution in [0.15, 0.2) is 156 Å². The summed E-state index contributed by atoms with van der Waals surface area (Å²) in [5.41, 5.74) is 20.8. The van der Waals surface area contributed by atoms with Gasteiger partial charge in [0, 0.05) is 24.7 Å². The molecule has 6 aromatic carbocycles. The summed E-state index contributed by atoms with van der Waals surface area (Å²) >= 11 is 0. The molecular formula is C39H35N5. The summed E-state index contributed by atoms with van der Waals surface area (Å²) in [5.74, 6) is 1.03. The van der Waals surface area contributed by atoms with E-state index in [-0.39, 0.29) is 0 Å². The van der Waals surface area contributed by atoms with E-state index in [1.165, 1.54) is 10.9 Å². The average molecular weight is 574 g/mol. The number of rotatable bonds is 8. The van der Waals surface area contributed by atoms with Gasteiger partial charge in [-0.2, -0.15) is 0 Å². The van der Waals surface area contributed by atoms with E-state index in [0.29, 0.717) is 18.2 Å². The third-order valence-corrected chi connectivity index (χ3v) is 7.70. The number of nitrogens with zero attached hydrogens (tertiary/aromatic N) is 3. The Morgan fingerprint density at radius 2 is 1.32 bits per heavy atom. The predicted molar refractivity (Wildman–Crippen MR) is 186 cm³/mol. The fourth-order valence-electron chi connectivity index (χ4n) is 5.40. The quantitative estimate of drug-likeness (QED) is 0.110. The molecule has 0 aliphatic heterocycles. The number of anilines is 2. The van der Waals surface area contributed by atoms with Crippen molar-refractivity contribution in [1.82, 2.24) is 0 Å². The lowest BCUT2D eigenvalue weighted by atomic mass is 9.96. The normalized spacial score (nSPS) is 11.9. The summed E-state index contributed by atoms with van der Waals surface area (Å²) in [6.45, 7) is 1.26. The van der Waals surface area contributed by atoms with E-state index in [4.69, 9.17) is 21.5 Å². The lowest BCUT2D eigenvalue weighted by Crippen LogP contribution is -2.17. The van der Waals surface area contributed by atoms with Gasteiger partial charge in [0.2, 0.25) is 0 Å². The van der Waals surface area contributed by atoms with Crippen molar-refractivity contribution in [2.24, 2.45) is 15.7 Å². The van der Waals surface area contributed by atoms with Crippen LogP contribution in [0.3, 0.4) is 0 Å². The molecule has 0 heterocycles. The van der Waals surface area contributed by atoms with E-state index in [0.717, 1.165) is 51.1 Å². The Balaban J connectivity index is 1.35. The lowest BCUT2D eigenvalue weighted by Gasteiger charge is -2.21. The monoisotopic (exact) mass is 573 g/mol. The molecule has 0 unspecified atom stereocenters. The first-order valence-corrected chi connectivity index (χ1v) is 14.7. The summed E-state index contributed by atoms with van der Waals surface area (Å²) in [4.78, 5) is 12.0. The predicted octanol–water partition coefficient (Wildman–Crippen LogP) is 8.08. The summed E-state index contributed by atoms with van der Waals surface area (Å²) in [6, 6.07) is 49.4. The fraction of sp³-hybridized carbons (Fsp3) is 0.0769. The first-order chi connectivity index (χ1) is 21.5. The Morgan fingerprint density at radius 3 is 2.11 bits per heavy atom. The SMILES string of the molecule is CN(Cc1ccc2cc(-c3ccccc3C(/N=C(\N)c3ccccc3)=N/Cc3ccccc3)ccc2c1)c1ccccc1N. The lowest BCUT2D eigenvalue weighted by molar-refractivity contribution is 0.926. The van der Waals surface area contributed by atoms with Crippen LogP contribution >= 0.6 is 0 Å². The smallest absolute Gasteiger partial charge is 0.157 e. The second-order valence-corrected chi connectivity index (χ2v) is 10.8. The standard InChI is InChI=1S/C39H35N5/c1-44(37-19-11-10-18-36(37)40)27-29-20-21-32-25-33(23-22-31(32)24-29)34-16-8-9-17-35(34)39(42-26-28-12-4-2-5-13-28)43-38(41)30-14-6-3-7-15-30/h2-25H,26-27,40H2,1H3,(H2,41,42,43). The maximum absolute atomic E-state index is 6.52. The first-order valence-electron chi connectivity index (χ1n) is 14.7. The number of nitrogen functional groups attached to an aromatic ring is 1. The Kier molecular flexibility index (Phi) is 8.46. The molecule has 0 atom stereocenters. The van der Waals surface area contributed by atoms with Gasteiger partial charge in [0.1, 0.15) is 5.84 Å². The molecule has 0 radical (unpaired) electrons. The molecule has 0 aromatic heterocycles. The number of hydrogen-bond donors (Lipinski definition) is 2. The number of amidine groups is 2. The van der Waals surface area contributed by atoms with Crippen molar-refractivity contribution in [2.45, 2.75) is 13.1 Å². The van der Waals surface area contributed by atoms with E-state index in [9.17, 15) is 0 Å². The zero-order valence-electron chi connectivity index (χ0n) is 24.8. The van der Waals surface area contributed by atoms with Crippen LogP contribution in [-0.2, 0) is 13.1 Å². The van der Waals surface area contributed by atoms with Crippen LogP contribution in [0.1, 0.15) is 22.3 Å². The van der Waals surface area contributed by atoms with Crippen LogP contribution in [0.5, 0.6) is 0 Å². The van der Waals surface area contributed by atoms with Gasteiger partial charge in [0.05, 0.1) is 17.9 Å². The highest BCUT2D eigenvalue weighted by Gasteiger charge is 2.13. The molecule has 0 amide bonds. The van der Waals surface area contributed by atoms with Crippen molar-refractivity contribution < 1.29 is 0 Å². The molecule has 0 bridgehead atoms. The number of hydrogen-bond acceptors (Lipinski definition) is 3. The van der Waals surface area contributed by atoms with Crippen molar-refractivity contribution in [1.29, 1.82) is 0 Å². The van der Waals surface area contributed by atoms with E-state index in [2.05, 4.69) is 84.7 Å². The maximum Gasteiger partial charge on any atom is 0.157 e. The van der Waals surface area contributed by atoms with Gasteiger partial charge in [0.15, 0.2) is 5.84 Å². The Morgan fingerprint density at radius 1 is 0.659 bits per heavy atom. The largest absolute Gasteiger partial charge is 0.397 e. The van der Waals surface area contributed by atoms with Gasteiger partial charge >= 0.3 is 0 Å². The summed E-state index contributed by atoms with van der Waals surface area (Å²) in [6.07, 6.45) is 0. The Labute approximate surface area is 258 Å². The topological polar surface area (TPSA) is 80.0 Å². The van der Waals surface area contributed by atoms with Gasteiger partial charge in [-0.1, -0.05) is 121 Å². The van der Waals surface area contributed by atoms with Crippen LogP contribution in [0, 0.1) is 0 Å². The molecule has 5 heteroatoms. The first kappa shape index (κ1) is 28.4. The maximum atomic E-state index is 6.52. The number of aliphatic imine (C=N–C) groups is 2. The molecule has 0 spiro atoms. The highest BCUT2D eigenvalue weighted by Crippen LogP contribution is 2.30. The van der Waals surface area contributed by atoms with Gasteiger partial charge in [-0.05, 0) is 57.3 Å². The number of para-hydroxylation sites is 2. The van der Waals surface area contributed by atoms with Crippen molar-refractivity contribution in [2.75, 3.05) is 17.7 Å². The van der Waals surface area contributed by atoms with Gasteiger partial charge in [-0.3, -0.25) is 4.99 Å². The molecule has 4 N–H and O–H groups in total. The molecule has 6 aromatic rings. The van der Waals surface area contributed by atoms with E-state index in [1.54, 1.807) is 0 Å². The van der Waals surface area contributed by atoms with Crippen molar-refractivity contribution in [3.05, 3.63) is 168 Å². The van der Waals surface area contributed by atoms with Crippen molar-refractivity contribution in [3.8, 4) is 11.1 Å². The van der Waals surface area contributed by atoms with Crippen LogP contribution in [0.2, 0.25) is 0 Å². The van der Waals surface area contributed by atoms with Crippen LogP contribution < -0.4 is 16.4 Å². The Bertz CT molecular complexity index is 1940. The van der Waals surface area contributed by atoms with Crippen LogP contribution in [0.4, 0.5) is 11.4 Å². The van der Waals surface area contributed by atoms with E-state index < -0.39 is 0 Å². The molecule has 0 fully saturated rings. The number of fused-ring (bicyclic) bond motifs is 1. The molecule has 0 aliphatic carbocycles. The molecule has 0 saturated carbocycles. The summed E-state index contributed by atoms with van der Waals surface area (Å²) in [7, 11) is 2.07. The van der Waals surface area contributed by atoms with Crippen LogP contribution in [-0.4, -0.2) is 18.7 Å². The average Bonchev–Trinajstić information content (AvgIpc) is 3.07. The minimum Gasteiger partial charge on any atom is -0.397 e. The Hall–Kier alpha value is -5.68. The number of benzene rings is 6. The minimum atomic E-state index is 0.431. The van der Waals surface area contributed by atoms with Crippen LogP contribution in [0.25, 0.3) is 21.9 Å². The van der Waals surface area contributed by atoms with E-state index >= 15 is 0 Å². The zero-order valence-corrected chi connectivity index (χ0v) is 24.8. The molecule has 0 aliphatic rings. The second kappa shape index (κ2) is 13.1. The highest BCUT2D eigenvalue weighted by molar-refractivity contribution is 6.13. The third-order valence-electron chi connectivity index (χ3n) is 7.70.